The van der Waals surface area contributed by atoms with Gasteiger partial charge in [0, 0.05) is 15.6 Å². The van der Waals surface area contributed by atoms with E-state index in [0.717, 1.165) is 4.90 Å². The molecule has 0 aliphatic rings. The Hall–Kier alpha value is -2.87. The number of amides is 2. The van der Waals surface area contributed by atoms with Crippen molar-refractivity contribution in [1.29, 1.82) is 0 Å². The summed E-state index contributed by atoms with van der Waals surface area (Å²) in [4.78, 5) is 26.6. The molecule has 178 valence electrons. The number of halogens is 2. The van der Waals surface area contributed by atoms with Crippen molar-refractivity contribution < 1.29 is 19.1 Å². The van der Waals surface area contributed by atoms with Crippen LogP contribution in [-0.4, -0.2) is 31.3 Å². The van der Waals surface area contributed by atoms with Crippen LogP contribution in [0.1, 0.15) is 23.7 Å². The van der Waals surface area contributed by atoms with Gasteiger partial charge in [-0.15, -0.1) is 11.8 Å². The predicted octanol–water partition coefficient (Wildman–Crippen LogP) is 6.77. The Kier molecular flexibility index (Phi) is 9.10. The molecular weight excluding hydrogens is 495 g/mol. The van der Waals surface area contributed by atoms with E-state index in [2.05, 4.69) is 10.6 Å². The van der Waals surface area contributed by atoms with Gasteiger partial charge in [-0.3, -0.25) is 9.59 Å². The van der Waals surface area contributed by atoms with Gasteiger partial charge >= 0.3 is 0 Å². The first-order chi connectivity index (χ1) is 16.4. The zero-order chi connectivity index (χ0) is 24.7. The Morgan fingerprint density at radius 1 is 0.941 bits per heavy atom. The molecule has 0 aromatic heterocycles. The van der Waals surface area contributed by atoms with E-state index >= 15 is 0 Å². The third-order valence-corrected chi connectivity index (χ3v) is 6.78. The Bertz CT molecular complexity index is 1170. The molecule has 0 radical (unpaired) electrons. The third-order valence-electron chi connectivity index (χ3n) is 4.88. The van der Waals surface area contributed by atoms with Gasteiger partial charge in [-0.2, -0.15) is 0 Å². The number of anilines is 2. The highest BCUT2D eigenvalue weighted by atomic mass is 35.5. The highest BCUT2D eigenvalue weighted by molar-refractivity contribution is 8.00. The number of hydrogen-bond donors (Lipinski definition) is 2. The van der Waals surface area contributed by atoms with Crippen molar-refractivity contribution in [3.8, 4) is 11.5 Å². The maximum atomic E-state index is 13.0. The molecule has 0 aliphatic heterocycles. The smallest absolute Gasteiger partial charge is 0.263 e. The monoisotopic (exact) mass is 518 g/mol. The Balaban J connectivity index is 1.73. The van der Waals surface area contributed by atoms with E-state index in [9.17, 15) is 9.59 Å². The average molecular weight is 519 g/mol. The molecule has 0 saturated heterocycles. The van der Waals surface area contributed by atoms with E-state index in [0.29, 0.717) is 44.9 Å². The van der Waals surface area contributed by atoms with Crippen molar-refractivity contribution in [3.05, 3.63) is 76.3 Å². The highest BCUT2D eigenvalue weighted by Crippen LogP contribution is 2.32. The summed E-state index contributed by atoms with van der Waals surface area (Å²) >= 11 is 13.5. The number of carbonyl (C=O) groups is 2. The number of ether oxygens (including phenoxy) is 2. The van der Waals surface area contributed by atoms with Crippen molar-refractivity contribution in [2.45, 2.75) is 23.5 Å². The van der Waals surface area contributed by atoms with Crippen LogP contribution in [-0.2, 0) is 4.79 Å². The quantitative estimate of drug-likeness (QED) is 0.305. The standard InChI is InChI=1S/C25H24Cl2N2O4S/c1-4-22(24(30)29-19-12-11-15(26)13-18(19)27)34-17-8-5-7-16(14-17)28-25(31)23-20(32-2)9-6-10-21(23)33-3/h5-14,22H,4H2,1-3H3,(H,28,31)(H,29,30). The minimum Gasteiger partial charge on any atom is -0.496 e. The number of hydrogen-bond acceptors (Lipinski definition) is 5. The van der Waals surface area contributed by atoms with Gasteiger partial charge in [0.2, 0.25) is 5.91 Å². The van der Waals surface area contributed by atoms with Crippen molar-refractivity contribution >= 4 is 58.2 Å². The fraction of sp³-hybridized carbons (Fsp3) is 0.200. The van der Waals surface area contributed by atoms with Crippen LogP contribution in [0.5, 0.6) is 11.5 Å². The summed E-state index contributed by atoms with van der Waals surface area (Å²) in [6.07, 6.45) is 0.594. The topological polar surface area (TPSA) is 76.7 Å². The zero-order valence-electron chi connectivity index (χ0n) is 18.9. The van der Waals surface area contributed by atoms with Gasteiger partial charge in [0.15, 0.2) is 0 Å². The first-order valence-corrected chi connectivity index (χ1v) is 12.0. The molecule has 3 rings (SSSR count). The summed E-state index contributed by atoms with van der Waals surface area (Å²) in [5.74, 6) is 0.278. The van der Waals surface area contributed by atoms with E-state index in [1.807, 2.05) is 25.1 Å². The first kappa shape index (κ1) is 25.7. The van der Waals surface area contributed by atoms with Crippen LogP contribution in [0, 0.1) is 0 Å². The second-order valence-corrected chi connectivity index (χ2v) is 9.27. The average Bonchev–Trinajstić information content (AvgIpc) is 2.83. The van der Waals surface area contributed by atoms with Crippen molar-refractivity contribution in [2.75, 3.05) is 24.9 Å². The number of carbonyl (C=O) groups excluding carboxylic acids is 2. The van der Waals surface area contributed by atoms with Gasteiger partial charge in [0.05, 0.1) is 30.2 Å². The molecule has 1 unspecified atom stereocenters. The predicted molar refractivity (Wildman–Crippen MR) is 139 cm³/mol. The number of methoxy groups -OCH3 is 2. The van der Waals surface area contributed by atoms with Gasteiger partial charge in [-0.05, 0) is 55.0 Å². The molecule has 6 nitrogen and oxygen atoms in total. The lowest BCUT2D eigenvalue weighted by molar-refractivity contribution is -0.115. The number of thioether (sulfide) groups is 1. The SMILES string of the molecule is CCC(Sc1cccc(NC(=O)c2c(OC)cccc2OC)c1)C(=O)Nc1ccc(Cl)cc1Cl. The van der Waals surface area contributed by atoms with Gasteiger partial charge in [-0.25, -0.2) is 0 Å². The minimum atomic E-state index is -0.369. The summed E-state index contributed by atoms with van der Waals surface area (Å²) in [5, 5.41) is 6.23. The fourth-order valence-electron chi connectivity index (χ4n) is 3.21. The van der Waals surface area contributed by atoms with Crippen LogP contribution in [0.4, 0.5) is 11.4 Å². The molecule has 2 N–H and O–H groups in total. The van der Waals surface area contributed by atoms with E-state index in [4.69, 9.17) is 32.7 Å². The van der Waals surface area contributed by atoms with Crippen molar-refractivity contribution in [3.63, 3.8) is 0 Å². The summed E-state index contributed by atoms with van der Waals surface area (Å²) < 4.78 is 10.6. The van der Waals surface area contributed by atoms with E-state index < -0.39 is 0 Å². The number of nitrogens with one attached hydrogen (secondary N) is 2. The largest absolute Gasteiger partial charge is 0.496 e. The first-order valence-electron chi connectivity index (χ1n) is 10.4. The van der Waals surface area contributed by atoms with Crippen LogP contribution in [0.3, 0.4) is 0 Å². The number of benzene rings is 3. The van der Waals surface area contributed by atoms with Gasteiger partial charge in [0.25, 0.3) is 5.91 Å². The number of rotatable bonds is 9. The molecular formula is C25H24Cl2N2O4S. The second kappa shape index (κ2) is 12.0. The molecule has 0 saturated carbocycles. The second-order valence-electron chi connectivity index (χ2n) is 7.15. The lowest BCUT2D eigenvalue weighted by Crippen LogP contribution is -2.24. The van der Waals surface area contributed by atoms with E-state index in [1.165, 1.54) is 26.0 Å². The van der Waals surface area contributed by atoms with Crippen LogP contribution in [0.25, 0.3) is 0 Å². The maximum Gasteiger partial charge on any atom is 0.263 e. The Labute approximate surface area is 212 Å². The maximum absolute atomic E-state index is 13.0. The zero-order valence-corrected chi connectivity index (χ0v) is 21.2. The summed E-state index contributed by atoms with van der Waals surface area (Å²) in [6, 6.07) is 17.3. The van der Waals surface area contributed by atoms with Crippen LogP contribution in [0.15, 0.2) is 65.6 Å². The normalized spacial score (nSPS) is 11.4. The van der Waals surface area contributed by atoms with Crippen LogP contribution >= 0.6 is 35.0 Å². The summed E-state index contributed by atoms with van der Waals surface area (Å²) in [7, 11) is 2.99. The molecule has 0 aliphatic carbocycles. The lowest BCUT2D eigenvalue weighted by Gasteiger charge is -2.16. The molecule has 9 heteroatoms. The molecule has 1 atom stereocenters. The Morgan fingerprint density at radius 2 is 1.62 bits per heavy atom. The van der Waals surface area contributed by atoms with Crippen LogP contribution < -0.4 is 20.1 Å². The molecule has 3 aromatic rings. The van der Waals surface area contributed by atoms with Gasteiger partial charge in [0.1, 0.15) is 17.1 Å². The fourth-order valence-corrected chi connectivity index (χ4v) is 4.68. The van der Waals surface area contributed by atoms with E-state index in [1.54, 1.807) is 42.5 Å². The molecule has 0 fully saturated rings. The van der Waals surface area contributed by atoms with Gasteiger partial charge < -0.3 is 20.1 Å². The van der Waals surface area contributed by atoms with E-state index in [-0.39, 0.29) is 17.1 Å². The van der Waals surface area contributed by atoms with Gasteiger partial charge in [-0.1, -0.05) is 42.3 Å². The Morgan fingerprint density at radius 3 is 2.24 bits per heavy atom. The summed E-state index contributed by atoms with van der Waals surface area (Å²) in [6.45, 7) is 1.93. The van der Waals surface area contributed by atoms with Crippen molar-refractivity contribution in [1.82, 2.24) is 0 Å². The lowest BCUT2D eigenvalue weighted by atomic mass is 10.1. The molecule has 0 spiro atoms. The van der Waals surface area contributed by atoms with Crippen molar-refractivity contribution in [2.24, 2.45) is 0 Å². The molecule has 0 bridgehead atoms. The minimum absolute atomic E-state index is 0.176. The molecule has 3 aromatic carbocycles. The molecule has 2 amide bonds. The highest BCUT2D eigenvalue weighted by Gasteiger charge is 2.21. The molecule has 0 heterocycles. The third kappa shape index (κ3) is 6.38. The summed E-state index contributed by atoms with van der Waals surface area (Å²) in [5.41, 5.74) is 1.39. The molecule has 34 heavy (non-hydrogen) atoms. The van der Waals surface area contributed by atoms with Crippen LogP contribution in [0.2, 0.25) is 10.0 Å².